The second-order valence-corrected chi connectivity index (χ2v) is 4.32. The maximum Gasteiger partial charge on any atom is 0.373 e. The van der Waals surface area contributed by atoms with Gasteiger partial charge in [-0.25, -0.2) is 12.8 Å². The number of alkyl halides is 3. The lowest BCUT2D eigenvalue weighted by atomic mass is 10.6. The molecule has 0 saturated heterocycles. The minimum absolute atomic E-state index is 0.0674. The van der Waals surface area contributed by atoms with Crippen LogP contribution in [0.15, 0.2) is 0 Å². The maximum absolute atomic E-state index is 12.2. The summed E-state index contributed by atoms with van der Waals surface area (Å²) in [7, 11) is -4.57. The molecule has 2 nitrogen and oxygen atoms in total. The molecule has 0 aromatic carbocycles. The Balaban J connectivity index is 4.55. The zero-order valence-corrected chi connectivity index (χ0v) is 6.80. The lowest BCUT2D eigenvalue weighted by molar-refractivity contribution is 0.0620. The third kappa shape index (κ3) is 2.36. The van der Waals surface area contributed by atoms with Crippen LogP contribution >= 0.6 is 0 Å². The third-order valence-corrected chi connectivity index (χ3v) is 3.05. The van der Waals surface area contributed by atoms with Crippen molar-refractivity contribution in [1.82, 2.24) is 0 Å². The summed E-state index contributed by atoms with van der Waals surface area (Å²) in [5, 5.41) is -4.21. The van der Waals surface area contributed by atoms with Crippen LogP contribution in [0.2, 0.25) is 0 Å². The molecule has 0 unspecified atom stereocenters. The Kier molecular flexibility index (Phi) is 3.34. The van der Waals surface area contributed by atoms with Crippen LogP contribution in [-0.4, -0.2) is 26.1 Å². The standard InChI is InChI=1S/C5H9F3O2S/c1-2-3-11(9,10)5(7,8)4-6/h2-4H2,1H3. The van der Waals surface area contributed by atoms with Crippen LogP contribution in [0.1, 0.15) is 13.3 Å². The van der Waals surface area contributed by atoms with E-state index in [2.05, 4.69) is 0 Å². The molecule has 0 saturated carbocycles. The Morgan fingerprint density at radius 1 is 1.36 bits per heavy atom. The van der Waals surface area contributed by atoms with Crippen LogP contribution in [0.3, 0.4) is 0 Å². The average Bonchev–Trinajstić information content (AvgIpc) is 1.87. The number of rotatable bonds is 4. The number of halogens is 3. The van der Waals surface area contributed by atoms with Gasteiger partial charge < -0.3 is 0 Å². The molecule has 0 aromatic rings. The molecular weight excluding hydrogens is 181 g/mol. The zero-order valence-electron chi connectivity index (χ0n) is 5.98. The molecule has 0 spiro atoms. The largest absolute Gasteiger partial charge is 0.373 e. The molecular formula is C5H9F3O2S. The van der Waals surface area contributed by atoms with Crippen molar-refractivity contribution in [2.24, 2.45) is 0 Å². The van der Waals surface area contributed by atoms with Crippen molar-refractivity contribution >= 4 is 9.84 Å². The van der Waals surface area contributed by atoms with Gasteiger partial charge in [-0.1, -0.05) is 6.92 Å². The van der Waals surface area contributed by atoms with Crippen molar-refractivity contribution in [3.05, 3.63) is 0 Å². The quantitative estimate of drug-likeness (QED) is 0.671. The van der Waals surface area contributed by atoms with Crippen molar-refractivity contribution in [3.63, 3.8) is 0 Å². The van der Waals surface area contributed by atoms with E-state index in [9.17, 15) is 21.6 Å². The van der Waals surface area contributed by atoms with Gasteiger partial charge in [-0.15, -0.1) is 0 Å². The summed E-state index contributed by atoms with van der Waals surface area (Å²) in [5.74, 6) is -0.677. The Morgan fingerprint density at radius 3 is 2.09 bits per heavy atom. The lowest BCUT2D eigenvalue weighted by Crippen LogP contribution is -2.33. The molecule has 0 bridgehead atoms. The second kappa shape index (κ2) is 3.42. The van der Waals surface area contributed by atoms with Crippen LogP contribution in [0, 0.1) is 0 Å². The molecule has 0 rings (SSSR count). The molecule has 0 amide bonds. The molecule has 0 fully saturated rings. The summed E-state index contributed by atoms with van der Waals surface area (Å²) in [6.45, 7) is -0.707. The van der Waals surface area contributed by atoms with Gasteiger partial charge in [0.1, 0.15) is 0 Å². The molecule has 0 aromatic heterocycles. The first-order valence-corrected chi connectivity index (χ1v) is 4.68. The van der Waals surface area contributed by atoms with Crippen LogP contribution in [-0.2, 0) is 9.84 Å². The number of hydrogen-bond donors (Lipinski definition) is 0. The van der Waals surface area contributed by atoms with E-state index in [0.29, 0.717) is 0 Å². The molecule has 0 aliphatic rings. The van der Waals surface area contributed by atoms with Crippen molar-refractivity contribution in [2.45, 2.75) is 18.6 Å². The van der Waals surface area contributed by atoms with Crippen LogP contribution in [0.5, 0.6) is 0 Å². The summed E-state index contributed by atoms with van der Waals surface area (Å²) in [6.07, 6.45) is 0.0674. The molecule has 0 atom stereocenters. The summed E-state index contributed by atoms with van der Waals surface area (Å²) in [4.78, 5) is 0. The Bertz CT molecular complexity index is 210. The van der Waals surface area contributed by atoms with Gasteiger partial charge in [0.15, 0.2) is 6.67 Å². The van der Waals surface area contributed by atoms with E-state index < -0.39 is 27.5 Å². The van der Waals surface area contributed by atoms with E-state index >= 15 is 0 Å². The highest BCUT2D eigenvalue weighted by Gasteiger charge is 2.44. The third-order valence-electron chi connectivity index (χ3n) is 1.08. The van der Waals surface area contributed by atoms with Gasteiger partial charge in [0.25, 0.3) is 0 Å². The van der Waals surface area contributed by atoms with Gasteiger partial charge in [0, 0.05) is 0 Å². The summed E-state index contributed by atoms with van der Waals surface area (Å²) < 4.78 is 56.8. The first kappa shape index (κ1) is 10.7. The van der Waals surface area contributed by atoms with Crippen molar-refractivity contribution in [2.75, 3.05) is 12.4 Å². The normalized spacial score (nSPS) is 13.5. The smallest absolute Gasteiger partial charge is 0.243 e. The first-order valence-electron chi connectivity index (χ1n) is 3.03. The first-order chi connectivity index (χ1) is 4.87. The SMILES string of the molecule is CCCS(=O)(=O)C(F)(F)CF. The fourth-order valence-electron chi connectivity index (χ4n) is 0.501. The van der Waals surface area contributed by atoms with Crippen LogP contribution < -0.4 is 0 Å². The summed E-state index contributed by atoms with van der Waals surface area (Å²) in [6, 6.07) is 0. The highest BCUT2D eigenvalue weighted by molar-refractivity contribution is 7.92. The average molecular weight is 190 g/mol. The second-order valence-electron chi connectivity index (χ2n) is 2.09. The lowest BCUT2D eigenvalue weighted by Gasteiger charge is -2.11. The Hall–Kier alpha value is -0.260. The van der Waals surface area contributed by atoms with Gasteiger partial charge >= 0.3 is 5.25 Å². The number of sulfone groups is 1. The van der Waals surface area contributed by atoms with Gasteiger partial charge in [-0.2, -0.15) is 8.78 Å². The van der Waals surface area contributed by atoms with Crippen LogP contribution in [0.4, 0.5) is 13.2 Å². The Labute approximate surface area is 63.3 Å². The summed E-state index contributed by atoms with van der Waals surface area (Å²) in [5.41, 5.74) is 0. The van der Waals surface area contributed by atoms with Gasteiger partial charge in [-0.05, 0) is 6.42 Å². The van der Waals surface area contributed by atoms with E-state index in [1.165, 1.54) is 6.92 Å². The molecule has 0 heterocycles. The molecule has 11 heavy (non-hydrogen) atoms. The predicted octanol–water partition coefficient (Wildman–Crippen LogP) is 1.37. The molecule has 0 aliphatic heterocycles. The maximum atomic E-state index is 12.2. The van der Waals surface area contributed by atoms with E-state index in [0.717, 1.165) is 0 Å². The van der Waals surface area contributed by atoms with Crippen LogP contribution in [0.25, 0.3) is 0 Å². The topological polar surface area (TPSA) is 34.1 Å². The highest BCUT2D eigenvalue weighted by atomic mass is 32.2. The molecule has 0 N–H and O–H groups in total. The van der Waals surface area contributed by atoms with E-state index in [1.54, 1.807) is 0 Å². The van der Waals surface area contributed by atoms with E-state index in [-0.39, 0.29) is 6.42 Å². The predicted molar refractivity (Wildman–Crippen MR) is 35.0 cm³/mol. The zero-order chi connectivity index (χ0) is 9.12. The highest BCUT2D eigenvalue weighted by Crippen LogP contribution is 2.23. The fourth-order valence-corrected chi connectivity index (χ4v) is 1.50. The molecule has 6 heteroatoms. The Morgan fingerprint density at radius 2 is 1.82 bits per heavy atom. The minimum Gasteiger partial charge on any atom is -0.243 e. The van der Waals surface area contributed by atoms with Crippen molar-refractivity contribution in [3.8, 4) is 0 Å². The van der Waals surface area contributed by atoms with Gasteiger partial charge in [-0.3, -0.25) is 0 Å². The molecule has 0 aliphatic carbocycles. The fraction of sp³-hybridized carbons (Fsp3) is 1.00. The monoisotopic (exact) mass is 190 g/mol. The van der Waals surface area contributed by atoms with E-state index in [4.69, 9.17) is 0 Å². The van der Waals surface area contributed by atoms with Crippen molar-refractivity contribution in [1.29, 1.82) is 0 Å². The van der Waals surface area contributed by atoms with E-state index in [1.807, 2.05) is 0 Å². The van der Waals surface area contributed by atoms with Gasteiger partial charge in [0.05, 0.1) is 5.75 Å². The molecule has 68 valence electrons. The minimum atomic E-state index is -4.57. The van der Waals surface area contributed by atoms with Gasteiger partial charge in [0.2, 0.25) is 9.84 Å². The molecule has 0 radical (unpaired) electrons. The summed E-state index contributed by atoms with van der Waals surface area (Å²) >= 11 is 0. The van der Waals surface area contributed by atoms with Crippen molar-refractivity contribution < 1.29 is 21.6 Å². The number of hydrogen-bond acceptors (Lipinski definition) is 2.